The first-order chi connectivity index (χ1) is 7.92. The molecule has 0 bridgehead atoms. The van der Waals surface area contributed by atoms with E-state index in [1.54, 1.807) is 0 Å². The Bertz CT molecular complexity index is 374. The largest absolute Gasteiger partial charge is 0.343 e. The van der Waals surface area contributed by atoms with Gasteiger partial charge in [-0.3, -0.25) is 0 Å². The number of hydrogen-bond donors (Lipinski definition) is 0. The first kappa shape index (κ1) is 14.6. The van der Waals surface area contributed by atoms with Crippen LogP contribution in [0.4, 0.5) is 0 Å². The predicted octanol–water partition coefficient (Wildman–Crippen LogP) is 3.34. The first-order valence-electron chi connectivity index (χ1n) is 5.58. The van der Waals surface area contributed by atoms with Crippen molar-refractivity contribution >= 4 is 18.5 Å². The number of benzene rings is 2. The van der Waals surface area contributed by atoms with E-state index in [9.17, 15) is 0 Å². The molecule has 2 aromatic carbocycles. The van der Waals surface area contributed by atoms with Gasteiger partial charge in [-0.05, 0) is 18.5 Å². The number of rotatable bonds is 4. The van der Waals surface area contributed by atoms with Crippen LogP contribution in [0.5, 0.6) is 0 Å². The monoisotopic (exact) mass is 330 g/mol. The minimum absolute atomic E-state index is 0. The third-order valence-electron chi connectivity index (χ3n) is 2.52. The van der Waals surface area contributed by atoms with E-state index in [2.05, 4.69) is 67.6 Å². The Morgan fingerprint density at radius 2 is 1.18 bits per heavy atom. The Morgan fingerprint density at radius 3 is 1.53 bits per heavy atom. The van der Waals surface area contributed by atoms with Gasteiger partial charge in [0, 0.05) is 19.5 Å². The van der Waals surface area contributed by atoms with Crippen LogP contribution in [0.3, 0.4) is 0 Å². The molecule has 0 nitrogen and oxygen atoms in total. The van der Waals surface area contributed by atoms with Gasteiger partial charge in [-0.1, -0.05) is 66.8 Å². The normalized spacial score (nSPS) is 10.0. The molecule has 0 amide bonds. The summed E-state index contributed by atoms with van der Waals surface area (Å²) >= 11 is 0. The van der Waals surface area contributed by atoms with Crippen molar-refractivity contribution in [1.82, 2.24) is 0 Å². The molecule has 2 aromatic rings. The zero-order valence-corrected chi connectivity index (χ0v) is 12.2. The van der Waals surface area contributed by atoms with Gasteiger partial charge in [0.15, 0.2) is 0 Å². The Labute approximate surface area is 118 Å². The Hall–Kier alpha value is -0.507. The molecule has 1 radical (unpaired) electrons. The van der Waals surface area contributed by atoms with Gasteiger partial charge in [0.1, 0.15) is 0 Å². The molecular weight excluding hydrogens is 314 g/mol. The van der Waals surface area contributed by atoms with E-state index in [-0.39, 0.29) is 27.4 Å². The van der Waals surface area contributed by atoms with Crippen LogP contribution in [-0.2, 0) is 19.5 Å². The molecule has 2 heteroatoms. The number of hydrogen-bond acceptors (Lipinski definition) is 0. The Kier molecular flexibility index (Phi) is 6.63. The van der Waals surface area contributed by atoms with E-state index >= 15 is 0 Å². The molecule has 0 spiro atoms. The first-order valence-corrected chi connectivity index (χ1v) is 7.11. The van der Waals surface area contributed by atoms with Crippen molar-refractivity contribution in [2.24, 2.45) is 0 Å². The summed E-state index contributed by atoms with van der Waals surface area (Å²) in [6.45, 7) is 3.99. The third kappa shape index (κ3) is 4.02. The van der Waals surface area contributed by atoms with E-state index in [1.807, 2.05) is 0 Å². The van der Waals surface area contributed by atoms with Crippen molar-refractivity contribution in [2.75, 3.05) is 6.16 Å². The topological polar surface area (TPSA) is 0 Å². The molecule has 0 heterocycles. The van der Waals surface area contributed by atoms with Crippen molar-refractivity contribution in [3.63, 3.8) is 0 Å². The fourth-order valence-corrected chi connectivity index (χ4v) is 3.98. The van der Waals surface area contributed by atoms with E-state index in [4.69, 9.17) is 0 Å². The fourth-order valence-electron chi connectivity index (χ4n) is 1.78. The van der Waals surface area contributed by atoms with Gasteiger partial charge in [-0.15, -0.1) is 0 Å². The van der Waals surface area contributed by atoms with E-state index < -0.39 is 0 Å². The summed E-state index contributed by atoms with van der Waals surface area (Å²) in [5.41, 5.74) is 0. The van der Waals surface area contributed by atoms with Gasteiger partial charge in [-0.25, -0.2) is 0 Å². The molecule has 0 aliphatic carbocycles. The smallest absolute Gasteiger partial charge is 0 e. The second kappa shape index (κ2) is 7.75. The van der Waals surface area contributed by atoms with Crippen molar-refractivity contribution < 1.29 is 19.5 Å². The molecule has 0 saturated carbocycles. The summed E-state index contributed by atoms with van der Waals surface area (Å²) < 4.78 is 0. The average molecular weight is 330 g/mol. The summed E-state index contributed by atoms with van der Waals surface area (Å²) in [5.74, 6) is 0. The summed E-state index contributed by atoms with van der Waals surface area (Å²) in [5, 5.41) is 2.90. The standard InChI is InChI=1S/C15H16P.Rh/c1-2-13-16(14-9-5-3-6-10-14)15-11-7-4-8-12-15;/h3-12H,1-2,13H2;/q-1;. The van der Waals surface area contributed by atoms with Crippen LogP contribution in [-0.4, -0.2) is 6.16 Å². The molecule has 0 N–H and O–H groups in total. The van der Waals surface area contributed by atoms with Crippen LogP contribution in [0.25, 0.3) is 0 Å². The summed E-state index contributed by atoms with van der Waals surface area (Å²) in [4.78, 5) is 0. The zero-order valence-electron chi connectivity index (χ0n) is 9.68. The van der Waals surface area contributed by atoms with Gasteiger partial charge in [0.2, 0.25) is 0 Å². The van der Waals surface area contributed by atoms with Gasteiger partial charge < -0.3 is 6.92 Å². The molecule has 91 valence electrons. The van der Waals surface area contributed by atoms with E-state index in [0.29, 0.717) is 0 Å². The van der Waals surface area contributed by atoms with Gasteiger partial charge in [-0.2, -0.15) is 6.42 Å². The molecule has 0 aliphatic rings. The van der Waals surface area contributed by atoms with Crippen LogP contribution in [0.2, 0.25) is 0 Å². The average Bonchev–Trinajstić information content (AvgIpc) is 2.38. The summed E-state index contributed by atoms with van der Waals surface area (Å²) in [6, 6.07) is 21.6. The maximum absolute atomic E-state index is 3.99. The minimum Gasteiger partial charge on any atom is -0.343 e. The maximum Gasteiger partial charge on any atom is 0 e. The molecular formula is C15H16PRh-. The summed E-state index contributed by atoms with van der Waals surface area (Å²) in [6.07, 6.45) is 2.17. The van der Waals surface area contributed by atoms with Gasteiger partial charge in [0.05, 0.1) is 0 Å². The minimum atomic E-state index is -0.213. The van der Waals surface area contributed by atoms with Crippen LogP contribution < -0.4 is 10.6 Å². The molecule has 17 heavy (non-hydrogen) atoms. The molecule has 0 aliphatic heterocycles. The molecule has 0 fully saturated rings. The summed E-state index contributed by atoms with van der Waals surface area (Å²) in [7, 11) is -0.213. The van der Waals surface area contributed by atoms with E-state index in [1.165, 1.54) is 16.8 Å². The quantitative estimate of drug-likeness (QED) is 0.458. The van der Waals surface area contributed by atoms with Crippen molar-refractivity contribution in [1.29, 1.82) is 0 Å². The second-order valence-corrected chi connectivity index (χ2v) is 6.01. The predicted molar refractivity (Wildman–Crippen MR) is 73.9 cm³/mol. The fraction of sp³-hybridized carbons (Fsp3) is 0.133. The van der Waals surface area contributed by atoms with Crippen LogP contribution in [0.15, 0.2) is 60.7 Å². The molecule has 0 atom stereocenters. The van der Waals surface area contributed by atoms with Crippen LogP contribution in [0.1, 0.15) is 6.42 Å². The molecule has 0 saturated heterocycles. The second-order valence-electron chi connectivity index (χ2n) is 3.68. The Morgan fingerprint density at radius 1 is 0.765 bits per heavy atom. The van der Waals surface area contributed by atoms with Gasteiger partial charge in [0.25, 0.3) is 0 Å². The zero-order chi connectivity index (χ0) is 11.2. The van der Waals surface area contributed by atoms with Crippen LogP contribution >= 0.6 is 7.92 Å². The van der Waals surface area contributed by atoms with Gasteiger partial charge >= 0.3 is 0 Å². The SMILES string of the molecule is [CH2-]CCP(c1ccccc1)c1ccccc1.[Rh]. The van der Waals surface area contributed by atoms with Crippen molar-refractivity contribution in [2.45, 2.75) is 6.42 Å². The molecule has 2 rings (SSSR count). The molecule has 0 aromatic heterocycles. The van der Waals surface area contributed by atoms with Crippen molar-refractivity contribution in [3.05, 3.63) is 67.6 Å². The van der Waals surface area contributed by atoms with Crippen molar-refractivity contribution in [3.8, 4) is 0 Å². The Balaban J connectivity index is 0.00000144. The van der Waals surface area contributed by atoms with Crippen LogP contribution in [0, 0.1) is 6.92 Å². The molecule has 0 unspecified atom stereocenters. The third-order valence-corrected chi connectivity index (χ3v) is 5.12. The van der Waals surface area contributed by atoms with E-state index in [0.717, 1.165) is 6.42 Å². The maximum atomic E-state index is 3.99.